The summed E-state index contributed by atoms with van der Waals surface area (Å²) in [4.78, 5) is 0. The highest BCUT2D eigenvalue weighted by Crippen LogP contribution is 2.41. The Morgan fingerprint density at radius 1 is 0.410 bits per heavy atom. The van der Waals surface area contributed by atoms with Crippen LogP contribution in [0.2, 0.25) is 0 Å². The van der Waals surface area contributed by atoms with Crippen LogP contribution in [0.1, 0.15) is 0 Å². The molecule has 3 nitrogen and oxygen atoms in total. The average Bonchev–Trinajstić information content (AvgIpc) is 3.50. The Balaban J connectivity index is 1.15. The summed E-state index contributed by atoms with van der Waals surface area (Å²) in [7, 11) is 0. The minimum absolute atomic E-state index is 1.05. The molecule has 6 aromatic carbocycles. The number of aromatic nitrogens is 1. The molecule has 0 saturated carbocycles. The summed E-state index contributed by atoms with van der Waals surface area (Å²) in [6.45, 7) is 0. The highest BCUT2D eigenvalue weighted by molar-refractivity contribution is 6.24. The molecule has 0 radical (unpaired) electrons. The smallest absolute Gasteiger partial charge is 0.0622 e. The van der Waals surface area contributed by atoms with Crippen molar-refractivity contribution < 1.29 is 0 Å². The fraction of sp³-hybridized carbons (Fsp3) is 0. The number of benzene rings is 6. The van der Waals surface area contributed by atoms with Gasteiger partial charge >= 0.3 is 0 Å². The summed E-state index contributed by atoms with van der Waals surface area (Å²) in [5.74, 6) is 0. The fourth-order valence-corrected chi connectivity index (χ4v) is 5.94. The first-order valence-electron chi connectivity index (χ1n) is 13.3. The minimum atomic E-state index is 1.05. The number of nitrogens with one attached hydrogen (secondary N) is 2. The van der Waals surface area contributed by atoms with Crippen molar-refractivity contribution in [1.29, 1.82) is 0 Å². The molecule has 8 aromatic rings. The molecule has 0 bridgehead atoms. The van der Waals surface area contributed by atoms with Gasteiger partial charge in [0.2, 0.25) is 0 Å². The molecule has 0 aliphatic heterocycles. The van der Waals surface area contributed by atoms with Gasteiger partial charge in [0, 0.05) is 49.9 Å². The normalized spacial score (nSPS) is 11.6. The lowest BCUT2D eigenvalue weighted by atomic mass is 10.0. The second-order valence-corrected chi connectivity index (χ2v) is 10.0. The minimum Gasteiger partial charge on any atom is -0.355 e. The number of fused-ring (bicyclic) bond motifs is 6. The van der Waals surface area contributed by atoms with E-state index >= 15 is 0 Å². The third-order valence-corrected chi connectivity index (χ3v) is 7.67. The first-order valence-corrected chi connectivity index (χ1v) is 13.3. The van der Waals surface area contributed by atoms with Crippen LogP contribution in [0.25, 0.3) is 49.2 Å². The van der Waals surface area contributed by atoms with Gasteiger partial charge in [0.15, 0.2) is 0 Å². The second kappa shape index (κ2) is 8.64. The van der Waals surface area contributed by atoms with Crippen LogP contribution in [0.4, 0.5) is 22.7 Å². The lowest BCUT2D eigenvalue weighted by Crippen LogP contribution is -1.94. The molecule has 8 rings (SSSR count). The maximum Gasteiger partial charge on any atom is 0.0622 e. The first kappa shape index (κ1) is 21.8. The molecule has 2 N–H and O–H groups in total. The zero-order chi connectivity index (χ0) is 25.8. The molecule has 0 atom stereocenters. The summed E-state index contributed by atoms with van der Waals surface area (Å²) in [6, 6.07) is 49.4. The Labute approximate surface area is 226 Å². The van der Waals surface area contributed by atoms with E-state index in [0.29, 0.717) is 0 Å². The molecule has 2 aromatic heterocycles. The summed E-state index contributed by atoms with van der Waals surface area (Å²) in [6.07, 6.45) is 0. The highest BCUT2D eigenvalue weighted by Gasteiger charge is 2.17. The Kier molecular flexibility index (Phi) is 4.82. The van der Waals surface area contributed by atoms with Crippen molar-refractivity contribution in [2.45, 2.75) is 0 Å². The van der Waals surface area contributed by atoms with Crippen LogP contribution >= 0.6 is 0 Å². The molecule has 0 amide bonds. The maximum atomic E-state index is 3.67. The molecule has 3 heteroatoms. The van der Waals surface area contributed by atoms with Gasteiger partial charge in [-0.05, 0) is 60.2 Å². The molecule has 0 saturated heterocycles. The molecular formula is C36H25N3. The molecule has 184 valence electrons. The number of rotatable bonds is 5. The van der Waals surface area contributed by atoms with Gasteiger partial charge < -0.3 is 15.0 Å². The standard InChI is InChI=1S/C36H25N3/c1-2-10-24(11-3-1)28-12-4-7-15-33(28)38-26-20-18-25(19-21-26)37-27-22-31-29-13-5-8-16-34(29)39-35-17-9-6-14-30(35)32(23-27)36(31)39/h1-23,37-38H. The molecule has 0 aliphatic rings. The van der Waals surface area contributed by atoms with Gasteiger partial charge in [-0.25, -0.2) is 0 Å². The van der Waals surface area contributed by atoms with E-state index in [0.717, 1.165) is 22.7 Å². The third-order valence-electron chi connectivity index (χ3n) is 7.67. The van der Waals surface area contributed by atoms with Gasteiger partial charge in [0.25, 0.3) is 0 Å². The lowest BCUT2D eigenvalue weighted by Gasteiger charge is -2.13. The number of anilines is 4. The van der Waals surface area contributed by atoms with Gasteiger partial charge in [-0.15, -0.1) is 0 Å². The molecule has 2 heterocycles. The lowest BCUT2D eigenvalue weighted by molar-refractivity contribution is 1.37. The van der Waals surface area contributed by atoms with Crippen molar-refractivity contribution in [1.82, 2.24) is 4.40 Å². The van der Waals surface area contributed by atoms with Crippen molar-refractivity contribution >= 4 is 60.8 Å². The molecule has 0 fully saturated rings. The number of nitrogens with zero attached hydrogens (tertiary/aromatic N) is 1. The second-order valence-electron chi connectivity index (χ2n) is 10.0. The van der Waals surface area contributed by atoms with E-state index in [1.807, 2.05) is 6.07 Å². The summed E-state index contributed by atoms with van der Waals surface area (Å²) in [5, 5.41) is 12.4. The highest BCUT2D eigenvalue weighted by atomic mass is 14.9. The number of hydrogen-bond acceptors (Lipinski definition) is 2. The van der Waals surface area contributed by atoms with Crippen molar-refractivity contribution in [3.8, 4) is 11.1 Å². The van der Waals surface area contributed by atoms with E-state index in [1.54, 1.807) is 0 Å². The molecule has 39 heavy (non-hydrogen) atoms. The summed E-state index contributed by atoms with van der Waals surface area (Å²) in [5.41, 5.74) is 10.5. The van der Waals surface area contributed by atoms with Crippen molar-refractivity contribution in [2.24, 2.45) is 0 Å². The zero-order valence-electron chi connectivity index (χ0n) is 21.2. The fourth-order valence-electron chi connectivity index (χ4n) is 5.94. The predicted molar refractivity (Wildman–Crippen MR) is 166 cm³/mol. The van der Waals surface area contributed by atoms with Gasteiger partial charge in [-0.2, -0.15) is 0 Å². The third kappa shape index (κ3) is 3.52. The van der Waals surface area contributed by atoms with Gasteiger partial charge in [0.1, 0.15) is 0 Å². The maximum absolute atomic E-state index is 3.67. The van der Waals surface area contributed by atoms with E-state index in [9.17, 15) is 0 Å². The van der Waals surface area contributed by atoms with Crippen LogP contribution < -0.4 is 10.6 Å². The Hall–Kier alpha value is -5.28. The van der Waals surface area contributed by atoms with Crippen molar-refractivity contribution in [2.75, 3.05) is 10.6 Å². The van der Waals surface area contributed by atoms with Gasteiger partial charge in [-0.1, -0.05) is 84.9 Å². The number of para-hydroxylation sites is 3. The van der Waals surface area contributed by atoms with E-state index in [1.165, 1.54) is 49.2 Å². The quantitative estimate of drug-likeness (QED) is 0.247. The van der Waals surface area contributed by atoms with Crippen molar-refractivity contribution in [3.05, 3.63) is 140 Å². The zero-order valence-corrected chi connectivity index (χ0v) is 21.2. The predicted octanol–water partition coefficient (Wildman–Crippen LogP) is 9.99. The number of hydrogen-bond donors (Lipinski definition) is 2. The van der Waals surface area contributed by atoms with Gasteiger partial charge in [-0.3, -0.25) is 0 Å². The van der Waals surface area contributed by atoms with Gasteiger partial charge in [0.05, 0.1) is 16.6 Å². The van der Waals surface area contributed by atoms with Crippen LogP contribution in [0.15, 0.2) is 140 Å². The van der Waals surface area contributed by atoms with Crippen LogP contribution in [0.5, 0.6) is 0 Å². The molecule has 0 spiro atoms. The van der Waals surface area contributed by atoms with E-state index in [2.05, 4.69) is 148 Å². The molecule has 0 aliphatic carbocycles. The van der Waals surface area contributed by atoms with Crippen LogP contribution in [-0.2, 0) is 0 Å². The van der Waals surface area contributed by atoms with Crippen molar-refractivity contribution in [3.63, 3.8) is 0 Å². The SMILES string of the molecule is c1ccc(-c2ccccc2Nc2ccc(Nc3cc4c5ccccc5n5c6ccccc6c(c3)c45)cc2)cc1. The van der Waals surface area contributed by atoms with E-state index < -0.39 is 0 Å². The van der Waals surface area contributed by atoms with E-state index in [4.69, 9.17) is 0 Å². The largest absolute Gasteiger partial charge is 0.355 e. The van der Waals surface area contributed by atoms with E-state index in [-0.39, 0.29) is 0 Å². The molecule has 0 unspecified atom stereocenters. The summed E-state index contributed by atoms with van der Waals surface area (Å²) < 4.78 is 2.41. The Morgan fingerprint density at radius 2 is 0.949 bits per heavy atom. The average molecular weight is 500 g/mol. The molecular weight excluding hydrogens is 474 g/mol. The van der Waals surface area contributed by atoms with Crippen LogP contribution in [0.3, 0.4) is 0 Å². The Morgan fingerprint density at radius 3 is 1.62 bits per heavy atom. The monoisotopic (exact) mass is 499 g/mol. The first-order chi connectivity index (χ1) is 19.3. The van der Waals surface area contributed by atoms with Crippen LogP contribution in [-0.4, -0.2) is 4.40 Å². The topological polar surface area (TPSA) is 28.5 Å². The summed E-state index contributed by atoms with van der Waals surface area (Å²) >= 11 is 0. The Bertz CT molecular complexity index is 2020. The van der Waals surface area contributed by atoms with Crippen LogP contribution in [0, 0.1) is 0 Å².